The Balaban J connectivity index is 1.63. The Morgan fingerprint density at radius 1 is 1.32 bits per heavy atom. The summed E-state index contributed by atoms with van der Waals surface area (Å²) in [6.07, 6.45) is 0. The minimum absolute atomic E-state index is 0.157. The van der Waals surface area contributed by atoms with Gasteiger partial charge in [0.1, 0.15) is 22.8 Å². The molecule has 0 unspecified atom stereocenters. The topological polar surface area (TPSA) is 93.5 Å². The van der Waals surface area contributed by atoms with Gasteiger partial charge >= 0.3 is 0 Å². The molecule has 0 saturated carbocycles. The number of anilines is 1. The van der Waals surface area contributed by atoms with Crippen LogP contribution in [0.1, 0.15) is 21.9 Å². The molecule has 2 amide bonds. The number of ether oxygens (including phenoxy) is 1. The third-order valence-electron chi connectivity index (χ3n) is 3.54. The molecule has 0 saturated heterocycles. The first kappa shape index (κ1) is 17.0. The molecule has 0 bridgehead atoms. The largest absolute Gasteiger partial charge is 0.494 e. The van der Waals surface area contributed by atoms with Crippen LogP contribution in [-0.2, 0) is 4.79 Å². The van der Waals surface area contributed by atoms with Gasteiger partial charge in [-0.2, -0.15) is 0 Å². The molecule has 2 N–H and O–H groups in total. The van der Waals surface area contributed by atoms with Gasteiger partial charge < -0.3 is 19.8 Å². The molecule has 2 aromatic heterocycles. The zero-order valence-corrected chi connectivity index (χ0v) is 14.8. The van der Waals surface area contributed by atoms with Crippen molar-refractivity contribution in [2.45, 2.75) is 13.8 Å². The number of nitrogens with zero attached hydrogens (tertiary/aromatic N) is 1. The standard InChI is InChI=1S/C17H17N3O4S/c1-9-7-11(10(2)24-9)16(22)18-8-14(21)19-17-20-15-12(23-3)5-4-6-13(15)25-17/h4-7H,8H2,1-3H3,(H,18,22)(H,19,20,21). The number of aryl methyl sites for hydroxylation is 2. The number of furan rings is 1. The Hall–Kier alpha value is -2.87. The zero-order valence-electron chi connectivity index (χ0n) is 14.0. The van der Waals surface area contributed by atoms with E-state index in [4.69, 9.17) is 9.15 Å². The number of thiazole rings is 1. The van der Waals surface area contributed by atoms with Crippen LogP contribution in [0.15, 0.2) is 28.7 Å². The Morgan fingerprint density at radius 2 is 2.12 bits per heavy atom. The van der Waals surface area contributed by atoms with Gasteiger partial charge in [0.05, 0.1) is 23.9 Å². The minimum atomic E-state index is -0.357. The third-order valence-corrected chi connectivity index (χ3v) is 4.48. The average Bonchev–Trinajstić information content (AvgIpc) is 3.14. The number of methoxy groups -OCH3 is 1. The van der Waals surface area contributed by atoms with Crippen LogP contribution in [0.4, 0.5) is 5.13 Å². The van der Waals surface area contributed by atoms with E-state index in [9.17, 15) is 9.59 Å². The van der Waals surface area contributed by atoms with Gasteiger partial charge in [-0.15, -0.1) is 0 Å². The molecule has 0 radical (unpaired) electrons. The number of para-hydroxylation sites is 1. The van der Waals surface area contributed by atoms with E-state index in [1.807, 2.05) is 18.2 Å². The Labute approximate surface area is 148 Å². The minimum Gasteiger partial charge on any atom is -0.494 e. The SMILES string of the molecule is COc1cccc2sc(NC(=O)CNC(=O)c3cc(C)oc3C)nc12. The van der Waals surface area contributed by atoms with Crippen LogP contribution in [-0.4, -0.2) is 30.5 Å². The monoisotopic (exact) mass is 359 g/mol. The maximum Gasteiger partial charge on any atom is 0.255 e. The van der Waals surface area contributed by atoms with Crippen LogP contribution in [0.2, 0.25) is 0 Å². The summed E-state index contributed by atoms with van der Waals surface area (Å²) >= 11 is 1.34. The molecule has 130 valence electrons. The summed E-state index contributed by atoms with van der Waals surface area (Å²) in [6, 6.07) is 7.21. The number of carbonyl (C=O) groups is 2. The lowest BCUT2D eigenvalue weighted by molar-refractivity contribution is -0.115. The maximum atomic E-state index is 12.1. The van der Waals surface area contributed by atoms with Crippen molar-refractivity contribution < 1.29 is 18.7 Å². The predicted octanol–water partition coefficient (Wildman–Crippen LogP) is 2.88. The molecule has 2 heterocycles. The number of benzene rings is 1. The molecule has 3 rings (SSSR count). The van der Waals surface area contributed by atoms with Crippen molar-refractivity contribution in [3.8, 4) is 5.75 Å². The van der Waals surface area contributed by atoms with E-state index >= 15 is 0 Å². The van der Waals surface area contributed by atoms with Crippen molar-refractivity contribution in [1.29, 1.82) is 0 Å². The lowest BCUT2D eigenvalue weighted by atomic mass is 10.2. The number of fused-ring (bicyclic) bond motifs is 1. The van der Waals surface area contributed by atoms with Gasteiger partial charge in [-0.1, -0.05) is 17.4 Å². The Bertz CT molecular complexity index is 945. The van der Waals surface area contributed by atoms with Gasteiger partial charge in [0.15, 0.2) is 5.13 Å². The van der Waals surface area contributed by atoms with Crippen molar-refractivity contribution in [2.75, 3.05) is 19.0 Å². The fraction of sp³-hybridized carbons (Fsp3) is 0.235. The molecule has 0 fully saturated rings. The molecule has 25 heavy (non-hydrogen) atoms. The van der Waals surface area contributed by atoms with E-state index in [2.05, 4.69) is 15.6 Å². The normalized spacial score (nSPS) is 10.7. The Kier molecular flexibility index (Phi) is 4.71. The number of hydrogen-bond acceptors (Lipinski definition) is 6. The van der Waals surface area contributed by atoms with E-state index in [1.54, 1.807) is 27.0 Å². The summed E-state index contributed by atoms with van der Waals surface area (Å²) in [6.45, 7) is 3.31. The van der Waals surface area contributed by atoms with Gasteiger partial charge in [0, 0.05) is 0 Å². The highest BCUT2D eigenvalue weighted by Crippen LogP contribution is 2.31. The zero-order chi connectivity index (χ0) is 18.0. The van der Waals surface area contributed by atoms with Crippen LogP contribution < -0.4 is 15.4 Å². The molecular weight excluding hydrogens is 342 g/mol. The lowest BCUT2D eigenvalue weighted by Gasteiger charge is -2.04. The average molecular weight is 359 g/mol. The summed E-state index contributed by atoms with van der Waals surface area (Å²) in [5.41, 5.74) is 1.12. The maximum absolute atomic E-state index is 12.1. The number of amides is 2. The number of nitrogens with one attached hydrogen (secondary N) is 2. The molecule has 0 aliphatic heterocycles. The van der Waals surface area contributed by atoms with Gasteiger partial charge in [-0.25, -0.2) is 4.98 Å². The van der Waals surface area contributed by atoms with Crippen molar-refractivity contribution in [2.24, 2.45) is 0 Å². The fourth-order valence-electron chi connectivity index (χ4n) is 2.42. The predicted molar refractivity (Wildman–Crippen MR) is 95.3 cm³/mol. The molecule has 0 spiro atoms. The summed E-state index contributed by atoms with van der Waals surface area (Å²) in [5.74, 6) is 1.11. The van der Waals surface area contributed by atoms with Crippen LogP contribution >= 0.6 is 11.3 Å². The molecule has 8 heteroatoms. The lowest BCUT2D eigenvalue weighted by Crippen LogP contribution is -2.32. The summed E-state index contributed by atoms with van der Waals surface area (Å²) in [5, 5.41) is 5.71. The van der Waals surface area contributed by atoms with E-state index in [0.717, 1.165) is 4.70 Å². The quantitative estimate of drug-likeness (QED) is 0.731. The summed E-state index contributed by atoms with van der Waals surface area (Å²) < 4.78 is 11.5. The van der Waals surface area contributed by atoms with Crippen molar-refractivity contribution in [3.05, 3.63) is 41.3 Å². The van der Waals surface area contributed by atoms with Gasteiger partial charge in [-0.3, -0.25) is 9.59 Å². The number of carbonyl (C=O) groups excluding carboxylic acids is 2. The number of hydrogen-bond donors (Lipinski definition) is 2. The summed E-state index contributed by atoms with van der Waals surface area (Å²) in [4.78, 5) is 28.5. The highest BCUT2D eigenvalue weighted by atomic mass is 32.1. The summed E-state index contributed by atoms with van der Waals surface area (Å²) in [7, 11) is 1.57. The smallest absolute Gasteiger partial charge is 0.255 e. The van der Waals surface area contributed by atoms with Crippen LogP contribution in [0, 0.1) is 13.8 Å². The fourth-order valence-corrected chi connectivity index (χ4v) is 3.32. The number of aromatic nitrogens is 1. The second-order valence-corrected chi connectivity index (χ2v) is 6.41. The van der Waals surface area contributed by atoms with E-state index in [-0.39, 0.29) is 18.4 Å². The van der Waals surface area contributed by atoms with Crippen molar-refractivity contribution >= 4 is 38.5 Å². The van der Waals surface area contributed by atoms with E-state index < -0.39 is 0 Å². The molecule has 1 aromatic carbocycles. The highest BCUT2D eigenvalue weighted by molar-refractivity contribution is 7.22. The number of rotatable bonds is 5. The van der Waals surface area contributed by atoms with Gasteiger partial charge in [0.25, 0.3) is 5.91 Å². The molecule has 7 nitrogen and oxygen atoms in total. The van der Waals surface area contributed by atoms with Crippen LogP contribution in [0.3, 0.4) is 0 Å². The van der Waals surface area contributed by atoms with Crippen molar-refractivity contribution in [3.63, 3.8) is 0 Å². The first-order valence-electron chi connectivity index (χ1n) is 7.56. The highest BCUT2D eigenvalue weighted by Gasteiger charge is 2.15. The van der Waals surface area contributed by atoms with Crippen molar-refractivity contribution in [1.82, 2.24) is 10.3 Å². The van der Waals surface area contributed by atoms with Gasteiger partial charge in [0.2, 0.25) is 5.91 Å². The Morgan fingerprint density at radius 3 is 2.80 bits per heavy atom. The molecule has 3 aromatic rings. The second-order valence-electron chi connectivity index (χ2n) is 5.38. The molecule has 0 aliphatic carbocycles. The first-order valence-corrected chi connectivity index (χ1v) is 8.38. The second kappa shape index (κ2) is 6.94. The first-order chi connectivity index (χ1) is 12.0. The van der Waals surface area contributed by atoms with Gasteiger partial charge in [-0.05, 0) is 32.0 Å². The third kappa shape index (κ3) is 3.63. The van der Waals surface area contributed by atoms with E-state index in [1.165, 1.54) is 11.3 Å². The molecule has 0 atom stereocenters. The molecular formula is C17H17N3O4S. The van der Waals surface area contributed by atoms with Crippen LogP contribution in [0.25, 0.3) is 10.2 Å². The molecule has 0 aliphatic rings. The van der Waals surface area contributed by atoms with E-state index in [0.29, 0.717) is 33.5 Å². The van der Waals surface area contributed by atoms with Crippen LogP contribution in [0.5, 0.6) is 5.75 Å².